The standard InChI is InChI=1S/C27H27N3O3/c1-18-28-22-11-7-8-12-23(22)30(18)17-26(31)29-14-13-20-15-24(32-2)25(33-3)16-21(20)27(29)19-9-5-4-6-10-19/h4-12,15-16,27H,13-14,17H2,1-3H3. The highest BCUT2D eigenvalue weighted by atomic mass is 16.5. The van der Waals surface area contributed by atoms with Crippen LogP contribution < -0.4 is 9.47 Å². The largest absolute Gasteiger partial charge is 0.493 e. The highest BCUT2D eigenvalue weighted by Gasteiger charge is 2.33. The molecule has 0 N–H and O–H groups in total. The molecule has 5 rings (SSSR count). The van der Waals surface area contributed by atoms with E-state index in [0.717, 1.165) is 34.4 Å². The van der Waals surface area contributed by atoms with Crippen molar-refractivity contribution < 1.29 is 14.3 Å². The lowest BCUT2D eigenvalue weighted by Gasteiger charge is -2.38. The molecule has 0 saturated carbocycles. The molecule has 1 aromatic heterocycles. The van der Waals surface area contributed by atoms with E-state index in [-0.39, 0.29) is 18.5 Å². The maximum atomic E-state index is 13.8. The fourth-order valence-corrected chi connectivity index (χ4v) is 4.83. The number of hydrogen-bond acceptors (Lipinski definition) is 4. The quantitative estimate of drug-likeness (QED) is 0.456. The minimum atomic E-state index is -0.197. The van der Waals surface area contributed by atoms with Crippen LogP contribution in [0.5, 0.6) is 11.5 Å². The van der Waals surface area contributed by atoms with Crippen molar-refractivity contribution in [3.8, 4) is 11.5 Å². The molecule has 2 heterocycles. The number of nitrogens with zero attached hydrogens (tertiary/aromatic N) is 3. The van der Waals surface area contributed by atoms with Crippen molar-refractivity contribution >= 4 is 16.9 Å². The van der Waals surface area contributed by atoms with Crippen LogP contribution in [0.1, 0.15) is 28.6 Å². The second kappa shape index (κ2) is 8.62. The van der Waals surface area contributed by atoms with E-state index in [1.54, 1.807) is 14.2 Å². The number of aromatic nitrogens is 2. The summed E-state index contributed by atoms with van der Waals surface area (Å²) < 4.78 is 13.1. The van der Waals surface area contributed by atoms with Crippen LogP contribution in [0.4, 0.5) is 0 Å². The molecule has 6 nitrogen and oxygen atoms in total. The minimum Gasteiger partial charge on any atom is -0.493 e. The van der Waals surface area contributed by atoms with E-state index < -0.39 is 0 Å². The van der Waals surface area contributed by atoms with Gasteiger partial charge >= 0.3 is 0 Å². The Bertz CT molecular complexity index is 1310. The van der Waals surface area contributed by atoms with Gasteiger partial charge in [0, 0.05) is 6.54 Å². The molecule has 6 heteroatoms. The van der Waals surface area contributed by atoms with Crippen molar-refractivity contribution in [3.05, 3.63) is 89.2 Å². The van der Waals surface area contributed by atoms with Gasteiger partial charge in [0.25, 0.3) is 0 Å². The average molecular weight is 442 g/mol. The third-order valence-electron chi connectivity index (χ3n) is 6.45. The molecule has 0 aliphatic carbocycles. The van der Waals surface area contributed by atoms with Gasteiger partial charge in [-0.3, -0.25) is 4.79 Å². The van der Waals surface area contributed by atoms with Gasteiger partial charge in [0.15, 0.2) is 11.5 Å². The van der Waals surface area contributed by atoms with E-state index in [1.807, 2.05) is 71.0 Å². The van der Waals surface area contributed by atoms with Gasteiger partial charge in [0.1, 0.15) is 12.4 Å². The Morgan fingerprint density at radius 1 is 1.00 bits per heavy atom. The van der Waals surface area contributed by atoms with Crippen LogP contribution in [0.25, 0.3) is 11.0 Å². The first-order valence-electron chi connectivity index (χ1n) is 11.1. The summed E-state index contributed by atoms with van der Waals surface area (Å²) in [7, 11) is 3.29. The zero-order valence-electron chi connectivity index (χ0n) is 19.1. The van der Waals surface area contributed by atoms with E-state index in [1.165, 1.54) is 5.56 Å². The fraction of sp³-hybridized carbons (Fsp3) is 0.259. The zero-order chi connectivity index (χ0) is 22.9. The second-order valence-electron chi connectivity index (χ2n) is 8.29. The first-order chi connectivity index (χ1) is 16.1. The number of ether oxygens (including phenoxy) is 2. The number of aryl methyl sites for hydroxylation is 1. The molecule has 3 aromatic carbocycles. The van der Waals surface area contributed by atoms with Crippen LogP contribution in [-0.2, 0) is 17.8 Å². The molecule has 0 fully saturated rings. The summed E-state index contributed by atoms with van der Waals surface area (Å²) in [6, 6.07) is 22.0. The number of para-hydroxylation sites is 2. The van der Waals surface area contributed by atoms with E-state index in [0.29, 0.717) is 18.0 Å². The lowest BCUT2D eigenvalue weighted by molar-refractivity contribution is -0.133. The summed E-state index contributed by atoms with van der Waals surface area (Å²) in [6.07, 6.45) is 0.758. The number of imidazole rings is 1. The van der Waals surface area contributed by atoms with Crippen molar-refractivity contribution in [1.29, 1.82) is 0 Å². The zero-order valence-corrected chi connectivity index (χ0v) is 19.1. The number of methoxy groups -OCH3 is 2. The SMILES string of the molecule is COc1cc2c(cc1OC)C(c1ccccc1)N(C(=O)Cn1c(C)nc3ccccc31)CC2. The molecule has 0 spiro atoms. The molecule has 1 unspecified atom stereocenters. The molecule has 1 aliphatic heterocycles. The molecule has 0 saturated heterocycles. The number of hydrogen-bond donors (Lipinski definition) is 0. The van der Waals surface area contributed by atoms with Crippen LogP contribution in [0.3, 0.4) is 0 Å². The molecule has 33 heavy (non-hydrogen) atoms. The normalized spacial score (nSPS) is 15.4. The number of amides is 1. The first kappa shape index (κ1) is 21.1. The van der Waals surface area contributed by atoms with Gasteiger partial charge in [0.05, 0.1) is 31.3 Å². The number of benzene rings is 3. The molecule has 1 aliphatic rings. The number of fused-ring (bicyclic) bond motifs is 2. The Hall–Kier alpha value is -3.80. The minimum absolute atomic E-state index is 0.0653. The Kier molecular flexibility index (Phi) is 5.50. The lowest BCUT2D eigenvalue weighted by Crippen LogP contribution is -2.42. The number of carbonyl (C=O) groups excluding carboxylic acids is 1. The van der Waals surface area contributed by atoms with E-state index >= 15 is 0 Å². The van der Waals surface area contributed by atoms with Crippen molar-refractivity contribution in [2.45, 2.75) is 25.9 Å². The second-order valence-corrected chi connectivity index (χ2v) is 8.29. The highest BCUT2D eigenvalue weighted by Crippen LogP contribution is 2.41. The van der Waals surface area contributed by atoms with Crippen molar-refractivity contribution in [2.24, 2.45) is 0 Å². The monoisotopic (exact) mass is 441 g/mol. The molecule has 168 valence electrons. The molecule has 1 atom stereocenters. The molecule has 0 radical (unpaired) electrons. The van der Waals surface area contributed by atoms with Gasteiger partial charge in [-0.25, -0.2) is 4.98 Å². The first-order valence-corrected chi connectivity index (χ1v) is 11.1. The maximum absolute atomic E-state index is 13.8. The third-order valence-corrected chi connectivity index (χ3v) is 6.45. The maximum Gasteiger partial charge on any atom is 0.243 e. The van der Waals surface area contributed by atoms with Gasteiger partial charge in [-0.2, -0.15) is 0 Å². The fourth-order valence-electron chi connectivity index (χ4n) is 4.83. The molecule has 0 bridgehead atoms. The third kappa shape index (κ3) is 3.71. The summed E-state index contributed by atoms with van der Waals surface area (Å²) in [5.41, 5.74) is 5.21. The molecular weight excluding hydrogens is 414 g/mol. The predicted octanol–water partition coefficient (Wildman–Crippen LogP) is 4.54. The molecular formula is C27H27N3O3. The summed E-state index contributed by atoms with van der Waals surface area (Å²) in [5.74, 6) is 2.28. The molecule has 4 aromatic rings. The van der Waals surface area contributed by atoms with Crippen LogP contribution in [0, 0.1) is 6.92 Å². The predicted molar refractivity (Wildman–Crippen MR) is 128 cm³/mol. The highest BCUT2D eigenvalue weighted by molar-refractivity contribution is 5.82. The summed E-state index contributed by atoms with van der Waals surface area (Å²) in [5, 5.41) is 0. The van der Waals surface area contributed by atoms with Crippen molar-refractivity contribution in [1.82, 2.24) is 14.5 Å². The molecule has 1 amide bonds. The van der Waals surface area contributed by atoms with Crippen LogP contribution in [0.2, 0.25) is 0 Å². The summed E-state index contributed by atoms with van der Waals surface area (Å²) in [6.45, 7) is 2.83. The van der Waals surface area contributed by atoms with E-state index in [9.17, 15) is 4.79 Å². The topological polar surface area (TPSA) is 56.6 Å². The van der Waals surface area contributed by atoms with Crippen LogP contribution >= 0.6 is 0 Å². The van der Waals surface area contributed by atoms with Gasteiger partial charge in [-0.05, 0) is 54.3 Å². The Morgan fingerprint density at radius 2 is 1.70 bits per heavy atom. The van der Waals surface area contributed by atoms with Crippen molar-refractivity contribution in [3.63, 3.8) is 0 Å². The van der Waals surface area contributed by atoms with Gasteiger partial charge in [-0.15, -0.1) is 0 Å². The number of carbonyl (C=O) groups is 1. The van der Waals surface area contributed by atoms with E-state index in [4.69, 9.17) is 9.47 Å². The van der Waals surface area contributed by atoms with Gasteiger partial charge < -0.3 is 18.9 Å². The van der Waals surface area contributed by atoms with Crippen LogP contribution in [0.15, 0.2) is 66.7 Å². The van der Waals surface area contributed by atoms with Crippen molar-refractivity contribution in [2.75, 3.05) is 20.8 Å². The van der Waals surface area contributed by atoms with Gasteiger partial charge in [-0.1, -0.05) is 42.5 Å². The van der Waals surface area contributed by atoms with E-state index in [2.05, 4.69) is 17.1 Å². The summed E-state index contributed by atoms with van der Waals surface area (Å²) >= 11 is 0. The van der Waals surface area contributed by atoms with Crippen LogP contribution in [-0.4, -0.2) is 41.1 Å². The average Bonchev–Trinajstić information content (AvgIpc) is 3.17. The Labute approximate surface area is 193 Å². The number of rotatable bonds is 5. The smallest absolute Gasteiger partial charge is 0.243 e. The summed E-state index contributed by atoms with van der Waals surface area (Å²) in [4.78, 5) is 20.4. The Morgan fingerprint density at radius 3 is 2.45 bits per heavy atom. The lowest BCUT2D eigenvalue weighted by atomic mass is 9.87. The van der Waals surface area contributed by atoms with Gasteiger partial charge in [0.2, 0.25) is 5.91 Å². The Balaban J connectivity index is 1.57.